The standard InChI is InChI=1S/C22H18ClNO/c23-20-16-24(21(20)25)22(17-10-4-1-5-11-17,18-12-6-2-7-13-18)19-14-8-3-9-15-19/h1-15,20H,16H2/t20-/m1/s1. The number of likely N-dealkylation sites (tertiary alicyclic amines) is 1. The van der Waals surface area contributed by atoms with Crippen LogP contribution >= 0.6 is 11.6 Å². The minimum Gasteiger partial charge on any atom is -0.321 e. The summed E-state index contributed by atoms with van der Waals surface area (Å²) in [6.45, 7) is 0.527. The molecular weight excluding hydrogens is 330 g/mol. The Morgan fingerprint density at radius 2 is 1.08 bits per heavy atom. The van der Waals surface area contributed by atoms with Gasteiger partial charge >= 0.3 is 0 Å². The second kappa shape index (κ2) is 6.38. The first kappa shape index (κ1) is 15.9. The molecule has 0 unspecified atom stereocenters. The van der Waals surface area contributed by atoms with E-state index in [1.165, 1.54) is 0 Å². The molecule has 0 radical (unpaired) electrons. The quantitative estimate of drug-likeness (QED) is 0.388. The number of carbonyl (C=O) groups is 1. The average Bonchev–Trinajstić information content (AvgIpc) is 2.70. The maximum atomic E-state index is 12.7. The number of nitrogens with zero attached hydrogens (tertiary/aromatic N) is 1. The Labute approximate surface area is 152 Å². The lowest BCUT2D eigenvalue weighted by Gasteiger charge is -2.51. The van der Waals surface area contributed by atoms with Gasteiger partial charge in [0.05, 0.1) is 0 Å². The minimum atomic E-state index is -0.674. The molecule has 1 amide bonds. The molecule has 0 aromatic heterocycles. The van der Waals surface area contributed by atoms with E-state index in [1.807, 2.05) is 59.5 Å². The van der Waals surface area contributed by atoms with Crippen LogP contribution in [0.1, 0.15) is 16.7 Å². The molecular formula is C22H18ClNO. The molecule has 124 valence electrons. The third kappa shape index (κ3) is 2.45. The van der Waals surface area contributed by atoms with E-state index in [-0.39, 0.29) is 5.91 Å². The third-order valence-electron chi connectivity index (χ3n) is 4.86. The zero-order valence-electron chi connectivity index (χ0n) is 13.7. The van der Waals surface area contributed by atoms with Crippen LogP contribution in [0.15, 0.2) is 91.0 Å². The predicted octanol–water partition coefficient (Wildman–Crippen LogP) is 4.43. The van der Waals surface area contributed by atoms with Gasteiger partial charge in [-0.15, -0.1) is 11.6 Å². The molecule has 3 aromatic rings. The highest BCUT2D eigenvalue weighted by molar-refractivity contribution is 6.33. The summed E-state index contributed by atoms with van der Waals surface area (Å²) in [5.74, 6) is -0.0294. The highest BCUT2D eigenvalue weighted by Gasteiger charge is 2.51. The topological polar surface area (TPSA) is 20.3 Å². The Kier molecular flexibility index (Phi) is 4.06. The second-order valence-electron chi connectivity index (χ2n) is 6.22. The molecule has 0 aliphatic carbocycles. The van der Waals surface area contributed by atoms with E-state index in [0.29, 0.717) is 6.54 Å². The highest BCUT2D eigenvalue weighted by atomic mass is 35.5. The molecule has 0 spiro atoms. The highest BCUT2D eigenvalue weighted by Crippen LogP contribution is 2.45. The summed E-state index contributed by atoms with van der Waals surface area (Å²) in [6.07, 6.45) is 0. The van der Waals surface area contributed by atoms with Gasteiger partial charge in [-0.25, -0.2) is 0 Å². The molecule has 1 fully saturated rings. The van der Waals surface area contributed by atoms with Crippen molar-refractivity contribution in [1.82, 2.24) is 4.90 Å². The molecule has 0 bridgehead atoms. The van der Waals surface area contributed by atoms with Gasteiger partial charge in [-0.05, 0) is 16.7 Å². The van der Waals surface area contributed by atoms with Crippen LogP contribution in [-0.4, -0.2) is 22.7 Å². The Hall–Kier alpha value is -2.58. The molecule has 0 saturated carbocycles. The molecule has 0 N–H and O–H groups in total. The number of amides is 1. The molecule has 2 nitrogen and oxygen atoms in total. The van der Waals surface area contributed by atoms with Crippen LogP contribution in [0.2, 0.25) is 0 Å². The number of benzene rings is 3. The van der Waals surface area contributed by atoms with Crippen molar-refractivity contribution in [3.63, 3.8) is 0 Å². The molecule has 1 aliphatic rings. The summed E-state index contributed by atoms with van der Waals surface area (Å²) < 4.78 is 0. The predicted molar refractivity (Wildman–Crippen MR) is 101 cm³/mol. The molecule has 1 heterocycles. The van der Waals surface area contributed by atoms with Gasteiger partial charge in [0.2, 0.25) is 5.91 Å². The van der Waals surface area contributed by atoms with E-state index >= 15 is 0 Å². The number of alkyl halides is 1. The van der Waals surface area contributed by atoms with Gasteiger partial charge in [0.25, 0.3) is 0 Å². The molecule has 3 aromatic carbocycles. The van der Waals surface area contributed by atoms with Crippen LogP contribution in [0.3, 0.4) is 0 Å². The van der Waals surface area contributed by atoms with Gasteiger partial charge in [0.1, 0.15) is 10.9 Å². The Bertz CT molecular complexity index is 768. The molecule has 3 heteroatoms. The SMILES string of the molecule is O=C1[C@H](Cl)CN1C(c1ccccc1)(c1ccccc1)c1ccccc1. The first-order chi connectivity index (χ1) is 12.2. The van der Waals surface area contributed by atoms with Crippen molar-refractivity contribution in [2.75, 3.05) is 6.54 Å². The fourth-order valence-corrected chi connectivity index (χ4v) is 3.95. The van der Waals surface area contributed by atoms with Crippen molar-refractivity contribution in [1.29, 1.82) is 0 Å². The lowest BCUT2D eigenvalue weighted by Crippen LogP contribution is -2.63. The van der Waals surface area contributed by atoms with Gasteiger partial charge < -0.3 is 4.90 Å². The number of hydrogen-bond acceptors (Lipinski definition) is 1. The van der Waals surface area contributed by atoms with Crippen molar-refractivity contribution in [2.24, 2.45) is 0 Å². The third-order valence-corrected chi connectivity index (χ3v) is 5.18. The van der Waals surface area contributed by atoms with Gasteiger partial charge in [-0.1, -0.05) is 91.0 Å². The number of β-lactam (4-membered cyclic amide) rings is 1. The van der Waals surface area contributed by atoms with Crippen LogP contribution in [0.5, 0.6) is 0 Å². The average molecular weight is 348 g/mol. The number of hydrogen-bond donors (Lipinski definition) is 0. The van der Waals surface area contributed by atoms with Crippen molar-refractivity contribution in [2.45, 2.75) is 10.9 Å². The van der Waals surface area contributed by atoms with Crippen LogP contribution in [0.25, 0.3) is 0 Å². The van der Waals surface area contributed by atoms with E-state index in [0.717, 1.165) is 16.7 Å². The molecule has 4 rings (SSSR count). The summed E-state index contributed by atoms with van der Waals surface area (Å²) in [7, 11) is 0. The lowest BCUT2D eigenvalue weighted by molar-refractivity contribution is -0.144. The van der Waals surface area contributed by atoms with Crippen LogP contribution in [-0.2, 0) is 10.3 Å². The van der Waals surface area contributed by atoms with Crippen LogP contribution < -0.4 is 0 Å². The Morgan fingerprint density at radius 3 is 1.36 bits per heavy atom. The monoisotopic (exact) mass is 347 g/mol. The Balaban J connectivity index is 2.04. The van der Waals surface area contributed by atoms with E-state index in [9.17, 15) is 4.79 Å². The molecule has 1 saturated heterocycles. The zero-order valence-corrected chi connectivity index (χ0v) is 14.4. The summed E-state index contributed by atoms with van der Waals surface area (Å²) in [4.78, 5) is 14.6. The van der Waals surface area contributed by atoms with Crippen molar-refractivity contribution in [3.05, 3.63) is 108 Å². The van der Waals surface area contributed by atoms with Gasteiger partial charge in [-0.2, -0.15) is 0 Å². The zero-order chi connectivity index (χ0) is 17.3. The second-order valence-corrected chi connectivity index (χ2v) is 6.75. The Morgan fingerprint density at radius 1 is 0.720 bits per heavy atom. The van der Waals surface area contributed by atoms with Crippen molar-refractivity contribution >= 4 is 17.5 Å². The number of carbonyl (C=O) groups excluding carboxylic acids is 1. The minimum absolute atomic E-state index is 0.0294. The first-order valence-electron chi connectivity index (χ1n) is 8.36. The number of halogens is 1. The van der Waals surface area contributed by atoms with E-state index < -0.39 is 10.9 Å². The number of rotatable bonds is 4. The molecule has 25 heavy (non-hydrogen) atoms. The maximum Gasteiger partial charge on any atom is 0.243 e. The summed E-state index contributed by atoms with van der Waals surface area (Å²) in [5.41, 5.74) is 2.50. The van der Waals surface area contributed by atoms with Gasteiger partial charge in [0, 0.05) is 6.54 Å². The summed E-state index contributed by atoms with van der Waals surface area (Å²) in [5, 5.41) is -0.449. The normalized spacial score (nSPS) is 17.2. The van der Waals surface area contributed by atoms with Crippen LogP contribution in [0, 0.1) is 0 Å². The van der Waals surface area contributed by atoms with Crippen LogP contribution in [0.4, 0.5) is 0 Å². The smallest absolute Gasteiger partial charge is 0.243 e. The van der Waals surface area contributed by atoms with Crippen molar-refractivity contribution in [3.8, 4) is 0 Å². The summed E-state index contributed by atoms with van der Waals surface area (Å²) >= 11 is 6.17. The van der Waals surface area contributed by atoms with Gasteiger partial charge in [0.15, 0.2) is 0 Å². The van der Waals surface area contributed by atoms with E-state index in [2.05, 4.69) is 36.4 Å². The fourth-order valence-electron chi connectivity index (χ4n) is 3.69. The fraction of sp³-hybridized carbons (Fsp3) is 0.136. The summed E-state index contributed by atoms with van der Waals surface area (Å²) in [6, 6.07) is 30.5. The van der Waals surface area contributed by atoms with E-state index in [4.69, 9.17) is 11.6 Å². The van der Waals surface area contributed by atoms with Crippen molar-refractivity contribution < 1.29 is 4.79 Å². The lowest BCUT2D eigenvalue weighted by atomic mass is 9.74. The largest absolute Gasteiger partial charge is 0.321 e. The molecule has 1 aliphatic heterocycles. The first-order valence-corrected chi connectivity index (χ1v) is 8.80. The molecule has 1 atom stereocenters. The maximum absolute atomic E-state index is 12.7. The van der Waals surface area contributed by atoms with E-state index in [1.54, 1.807) is 0 Å². The van der Waals surface area contributed by atoms with Gasteiger partial charge in [-0.3, -0.25) is 4.79 Å².